The van der Waals surface area contributed by atoms with E-state index < -0.39 is 11.6 Å². The first-order valence-electron chi connectivity index (χ1n) is 5.83. The monoisotopic (exact) mass is 241 g/mol. The van der Waals surface area contributed by atoms with Crippen molar-refractivity contribution < 1.29 is 8.78 Å². The first-order chi connectivity index (χ1) is 8.06. The highest BCUT2D eigenvalue weighted by molar-refractivity contribution is 5.09. The third-order valence-corrected chi connectivity index (χ3v) is 3.13. The van der Waals surface area contributed by atoms with Gasteiger partial charge >= 0.3 is 0 Å². The second-order valence-electron chi connectivity index (χ2n) is 4.67. The van der Waals surface area contributed by atoms with E-state index in [9.17, 15) is 8.78 Å². The maximum Gasteiger partial charge on any atom is 0.148 e. The summed E-state index contributed by atoms with van der Waals surface area (Å²) >= 11 is 0. The van der Waals surface area contributed by atoms with E-state index in [0.717, 1.165) is 25.4 Å². The molecule has 0 radical (unpaired) electrons. The molecular formula is C12H17F2N3. The van der Waals surface area contributed by atoms with Crippen molar-refractivity contribution in [3.05, 3.63) is 29.6 Å². The molecule has 1 aliphatic rings. The number of rotatable bonds is 2. The fourth-order valence-electron chi connectivity index (χ4n) is 2.07. The lowest BCUT2D eigenvalue weighted by atomic mass is 10.1. The van der Waals surface area contributed by atoms with Gasteiger partial charge in [-0.3, -0.25) is 9.88 Å². The normalized spacial score (nSPS) is 26.1. The number of pyridine rings is 1. The van der Waals surface area contributed by atoms with Crippen molar-refractivity contribution in [1.82, 2.24) is 15.2 Å². The summed E-state index contributed by atoms with van der Waals surface area (Å²) in [6.07, 6.45) is 1.06. The zero-order chi connectivity index (χ0) is 12.4. The van der Waals surface area contributed by atoms with Gasteiger partial charge in [-0.25, -0.2) is 8.78 Å². The predicted octanol–water partition coefficient (Wildman–Crippen LogP) is 1.54. The van der Waals surface area contributed by atoms with Crippen LogP contribution in [-0.2, 0) is 6.54 Å². The van der Waals surface area contributed by atoms with Gasteiger partial charge in [0.1, 0.15) is 11.6 Å². The van der Waals surface area contributed by atoms with E-state index in [0.29, 0.717) is 24.3 Å². The summed E-state index contributed by atoms with van der Waals surface area (Å²) in [7, 11) is 0. The Morgan fingerprint density at radius 3 is 2.94 bits per heavy atom. The van der Waals surface area contributed by atoms with Crippen molar-refractivity contribution in [2.24, 2.45) is 0 Å². The minimum Gasteiger partial charge on any atom is -0.311 e. The molecule has 0 bridgehead atoms. The van der Waals surface area contributed by atoms with Crippen molar-refractivity contribution >= 4 is 0 Å². The molecule has 1 N–H and O–H groups in total. The number of hydrogen-bond donors (Lipinski definition) is 1. The molecule has 1 aliphatic heterocycles. The van der Waals surface area contributed by atoms with Crippen LogP contribution in [-0.4, -0.2) is 35.1 Å². The highest BCUT2D eigenvalue weighted by atomic mass is 19.1. The van der Waals surface area contributed by atoms with Gasteiger partial charge < -0.3 is 5.32 Å². The number of hydrogen-bond acceptors (Lipinski definition) is 3. The Balaban J connectivity index is 2.08. The Morgan fingerprint density at radius 1 is 1.47 bits per heavy atom. The van der Waals surface area contributed by atoms with Crippen molar-refractivity contribution in [3.8, 4) is 0 Å². The van der Waals surface area contributed by atoms with Crippen molar-refractivity contribution in [2.75, 3.05) is 13.1 Å². The van der Waals surface area contributed by atoms with E-state index in [1.165, 1.54) is 0 Å². The Labute approximate surface area is 99.8 Å². The molecule has 2 heterocycles. The molecule has 94 valence electrons. The largest absolute Gasteiger partial charge is 0.311 e. The van der Waals surface area contributed by atoms with Crippen LogP contribution in [0.25, 0.3) is 0 Å². The third-order valence-electron chi connectivity index (χ3n) is 3.13. The first kappa shape index (κ1) is 12.4. The lowest BCUT2D eigenvalue weighted by Crippen LogP contribution is -2.53. The number of nitrogens with zero attached hydrogens (tertiary/aromatic N) is 2. The second-order valence-corrected chi connectivity index (χ2v) is 4.67. The number of aromatic nitrogens is 1. The SMILES string of the molecule is C[C@@H]1CN(Cc2ncc(F)cc2F)[C@@H](C)CN1. The Kier molecular flexibility index (Phi) is 3.69. The second kappa shape index (κ2) is 5.06. The standard InChI is InChI=1S/C12H17F2N3/c1-8-6-17(9(2)4-15-8)7-12-11(14)3-10(13)5-16-12/h3,5,8-9,15H,4,6-7H2,1-2H3/t8-,9+/m1/s1. The Hall–Kier alpha value is -1.07. The number of halogens is 2. The van der Waals surface area contributed by atoms with Gasteiger partial charge in [0.15, 0.2) is 0 Å². The van der Waals surface area contributed by atoms with Gasteiger partial charge in [-0.15, -0.1) is 0 Å². The van der Waals surface area contributed by atoms with Crippen LogP contribution in [0.5, 0.6) is 0 Å². The maximum absolute atomic E-state index is 13.5. The molecule has 0 saturated carbocycles. The van der Waals surface area contributed by atoms with E-state index in [2.05, 4.69) is 29.0 Å². The van der Waals surface area contributed by atoms with Crippen LogP contribution in [0.3, 0.4) is 0 Å². The predicted molar refractivity (Wildman–Crippen MR) is 61.5 cm³/mol. The number of piperazine rings is 1. The Morgan fingerprint density at radius 2 is 2.24 bits per heavy atom. The summed E-state index contributed by atoms with van der Waals surface area (Å²) in [5.74, 6) is -1.20. The minimum atomic E-state index is -0.632. The van der Waals surface area contributed by atoms with Gasteiger partial charge in [0, 0.05) is 37.8 Å². The summed E-state index contributed by atoms with van der Waals surface area (Å²) in [6.45, 7) is 6.33. The summed E-state index contributed by atoms with van der Waals surface area (Å²) < 4.78 is 26.2. The molecular weight excluding hydrogens is 224 g/mol. The maximum atomic E-state index is 13.5. The van der Waals surface area contributed by atoms with Crippen LogP contribution in [0, 0.1) is 11.6 Å². The lowest BCUT2D eigenvalue weighted by molar-refractivity contribution is 0.135. The molecule has 1 aromatic heterocycles. The summed E-state index contributed by atoms with van der Waals surface area (Å²) in [5.41, 5.74) is 0.312. The van der Waals surface area contributed by atoms with E-state index in [-0.39, 0.29) is 0 Å². The summed E-state index contributed by atoms with van der Waals surface area (Å²) in [4.78, 5) is 5.98. The van der Waals surface area contributed by atoms with Gasteiger partial charge in [-0.2, -0.15) is 0 Å². The molecule has 1 aromatic rings. The van der Waals surface area contributed by atoms with Gasteiger partial charge in [0.25, 0.3) is 0 Å². The average molecular weight is 241 g/mol. The third kappa shape index (κ3) is 2.98. The molecule has 1 saturated heterocycles. The summed E-state index contributed by atoms with van der Waals surface area (Å²) in [6, 6.07) is 1.60. The molecule has 2 rings (SSSR count). The van der Waals surface area contributed by atoms with Gasteiger partial charge in [-0.05, 0) is 13.8 Å². The van der Waals surface area contributed by atoms with Crippen LogP contribution in [0.1, 0.15) is 19.5 Å². The molecule has 2 atom stereocenters. The molecule has 0 amide bonds. The zero-order valence-corrected chi connectivity index (χ0v) is 10.1. The van der Waals surface area contributed by atoms with E-state index >= 15 is 0 Å². The average Bonchev–Trinajstić information content (AvgIpc) is 2.27. The van der Waals surface area contributed by atoms with E-state index in [1.807, 2.05) is 0 Å². The van der Waals surface area contributed by atoms with Crippen molar-refractivity contribution in [3.63, 3.8) is 0 Å². The van der Waals surface area contributed by atoms with Gasteiger partial charge in [0.2, 0.25) is 0 Å². The lowest BCUT2D eigenvalue weighted by Gasteiger charge is -2.37. The zero-order valence-electron chi connectivity index (χ0n) is 10.1. The van der Waals surface area contributed by atoms with Crippen LogP contribution >= 0.6 is 0 Å². The molecule has 0 aliphatic carbocycles. The fraction of sp³-hybridized carbons (Fsp3) is 0.583. The van der Waals surface area contributed by atoms with Crippen LogP contribution < -0.4 is 5.32 Å². The highest BCUT2D eigenvalue weighted by Crippen LogP contribution is 2.13. The molecule has 3 nitrogen and oxygen atoms in total. The molecule has 5 heteroatoms. The van der Waals surface area contributed by atoms with Crippen LogP contribution in [0.2, 0.25) is 0 Å². The molecule has 0 unspecified atom stereocenters. The minimum absolute atomic E-state index is 0.312. The molecule has 1 fully saturated rings. The Bertz CT molecular complexity index is 397. The topological polar surface area (TPSA) is 28.2 Å². The van der Waals surface area contributed by atoms with Gasteiger partial charge in [0.05, 0.1) is 11.9 Å². The van der Waals surface area contributed by atoms with Crippen LogP contribution in [0.4, 0.5) is 8.78 Å². The van der Waals surface area contributed by atoms with Crippen LogP contribution in [0.15, 0.2) is 12.3 Å². The first-order valence-corrected chi connectivity index (χ1v) is 5.83. The van der Waals surface area contributed by atoms with Crippen molar-refractivity contribution in [1.29, 1.82) is 0 Å². The van der Waals surface area contributed by atoms with Gasteiger partial charge in [-0.1, -0.05) is 0 Å². The fourth-order valence-corrected chi connectivity index (χ4v) is 2.07. The number of nitrogens with one attached hydrogen (secondary N) is 1. The van der Waals surface area contributed by atoms with E-state index in [4.69, 9.17) is 0 Å². The highest BCUT2D eigenvalue weighted by Gasteiger charge is 2.23. The molecule has 0 aromatic carbocycles. The quantitative estimate of drug-likeness (QED) is 0.851. The molecule has 17 heavy (non-hydrogen) atoms. The summed E-state index contributed by atoms with van der Waals surface area (Å²) in [5, 5.41) is 3.36. The smallest absolute Gasteiger partial charge is 0.148 e. The van der Waals surface area contributed by atoms with E-state index in [1.54, 1.807) is 0 Å². The molecule has 0 spiro atoms. The van der Waals surface area contributed by atoms with Crippen molar-refractivity contribution in [2.45, 2.75) is 32.5 Å².